The average molecular weight is 392 g/mol. The Balaban J connectivity index is 1.84. The highest BCUT2D eigenvalue weighted by Gasteiger charge is 2.33. The van der Waals surface area contributed by atoms with Crippen molar-refractivity contribution in [3.8, 4) is 11.5 Å². The zero-order valence-corrected chi connectivity index (χ0v) is 18.0. The third kappa shape index (κ3) is 6.59. The minimum absolute atomic E-state index is 0.336. The predicted octanol–water partition coefficient (Wildman–Crippen LogP) is 3.40. The number of ether oxygens (including phenoxy) is 3. The first kappa shape index (κ1) is 22.3. The quantitative estimate of drug-likeness (QED) is 0.344. The van der Waals surface area contributed by atoms with Crippen LogP contribution in [0.4, 0.5) is 0 Å². The van der Waals surface area contributed by atoms with Gasteiger partial charge in [-0.25, -0.2) is 0 Å². The van der Waals surface area contributed by atoms with Crippen molar-refractivity contribution in [1.82, 2.24) is 10.6 Å². The van der Waals surface area contributed by atoms with E-state index >= 15 is 0 Å². The molecule has 0 heterocycles. The maximum Gasteiger partial charge on any atom is 0.191 e. The van der Waals surface area contributed by atoms with E-state index in [-0.39, 0.29) is 0 Å². The maximum absolute atomic E-state index is 5.61. The summed E-state index contributed by atoms with van der Waals surface area (Å²) >= 11 is 0. The molecule has 0 spiro atoms. The predicted molar refractivity (Wildman–Crippen MR) is 115 cm³/mol. The molecular weight excluding hydrogens is 354 g/mol. The van der Waals surface area contributed by atoms with E-state index < -0.39 is 0 Å². The van der Waals surface area contributed by atoms with Crippen molar-refractivity contribution in [2.45, 2.75) is 45.4 Å². The number of aliphatic imine (C=N–C) groups is 1. The zero-order chi connectivity index (χ0) is 20.2. The summed E-state index contributed by atoms with van der Waals surface area (Å²) in [6.45, 7) is 5.42. The lowest BCUT2D eigenvalue weighted by Gasteiger charge is -2.30. The van der Waals surface area contributed by atoms with Crippen molar-refractivity contribution in [2.24, 2.45) is 10.4 Å². The van der Waals surface area contributed by atoms with Crippen molar-refractivity contribution in [3.63, 3.8) is 0 Å². The summed E-state index contributed by atoms with van der Waals surface area (Å²) in [6, 6.07) is 5.89. The van der Waals surface area contributed by atoms with Gasteiger partial charge in [0.2, 0.25) is 0 Å². The minimum atomic E-state index is 0.336. The van der Waals surface area contributed by atoms with Crippen molar-refractivity contribution >= 4 is 5.96 Å². The zero-order valence-electron chi connectivity index (χ0n) is 18.0. The van der Waals surface area contributed by atoms with Crippen molar-refractivity contribution in [3.05, 3.63) is 23.8 Å². The van der Waals surface area contributed by atoms with E-state index in [0.717, 1.165) is 62.2 Å². The largest absolute Gasteiger partial charge is 0.497 e. The molecule has 0 atom stereocenters. The number of nitrogens with zero attached hydrogens (tertiary/aromatic N) is 1. The summed E-state index contributed by atoms with van der Waals surface area (Å²) in [4.78, 5) is 4.39. The molecule has 6 nitrogen and oxygen atoms in total. The lowest BCUT2D eigenvalue weighted by Crippen LogP contribution is -2.44. The SMILES string of the molecule is CCOCCC1(CNC(=NC)NCCc2cc(OC)ccc2OC)CCCC1. The standard InChI is InChI=1S/C22H37N3O3/c1-5-28-15-13-22(11-6-7-12-22)17-25-21(23-2)24-14-10-18-16-19(26-3)8-9-20(18)27-4/h8-9,16H,5-7,10-15,17H2,1-4H3,(H2,23,24,25). The summed E-state index contributed by atoms with van der Waals surface area (Å²) < 4.78 is 16.4. The van der Waals surface area contributed by atoms with E-state index in [1.807, 2.05) is 25.2 Å². The van der Waals surface area contributed by atoms with E-state index in [9.17, 15) is 0 Å². The highest BCUT2D eigenvalue weighted by atomic mass is 16.5. The summed E-state index contributed by atoms with van der Waals surface area (Å²) in [5.74, 6) is 2.58. The van der Waals surface area contributed by atoms with E-state index in [1.165, 1.54) is 25.7 Å². The normalized spacial score (nSPS) is 16.1. The number of hydrogen-bond donors (Lipinski definition) is 2. The van der Waals surface area contributed by atoms with Crippen LogP contribution in [0.1, 0.15) is 44.6 Å². The van der Waals surface area contributed by atoms with Crippen LogP contribution >= 0.6 is 0 Å². The van der Waals surface area contributed by atoms with Gasteiger partial charge in [0, 0.05) is 33.4 Å². The molecule has 158 valence electrons. The van der Waals surface area contributed by atoms with E-state index in [1.54, 1.807) is 14.2 Å². The van der Waals surface area contributed by atoms with Gasteiger partial charge in [-0.1, -0.05) is 12.8 Å². The molecule has 0 saturated heterocycles. The van der Waals surface area contributed by atoms with Crippen molar-refractivity contribution in [2.75, 3.05) is 47.6 Å². The van der Waals surface area contributed by atoms with Gasteiger partial charge in [0.25, 0.3) is 0 Å². The minimum Gasteiger partial charge on any atom is -0.497 e. The van der Waals surface area contributed by atoms with Crippen LogP contribution < -0.4 is 20.1 Å². The molecule has 28 heavy (non-hydrogen) atoms. The number of hydrogen-bond acceptors (Lipinski definition) is 4. The Morgan fingerprint density at radius 2 is 1.93 bits per heavy atom. The molecule has 1 aromatic rings. The summed E-state index contributed by atoms with van der Waals surface area (Å²) in [5.41, 5.74) is 1.46. The highest BCUT2D eigenvalue weighted by Crippen LogP contribution is 2.40. The monoisotopic (exact) mass is 391 g/mol. The van der Waals surface area contributed by atoms with Crippen LogP contribution in [-0.2, 0) is 11.2 Å². The molecule has 1 aromatic carbocycles. The molecular formula is C22H37N3O3. The fraction of sp³-hybridized carbons (Fsp3) is 0.682. The smallest absolute Gasteiger partial charge is 0.191 e. The molecule has 1 aliphatic rings. The number of rotatable bonds is 11. The van der Waals surface area contributed by atoms with Crippen molar-refractivity contribution < 1.29 is 14.2 Å². The Hall–Kier alpha value is -1.95. The Kier molecular flexibility index (Phi) is 9.41. The topological polar surface area (TPSA) is 64.1 Å². The molecule has 0 unspecified atom stereocenters. The summed E-state index contributed by atoms with van der Waals surface area (Å²) in [6.07, 6.45) is 7.11. The Morgan fingerprint density at radius 3 is 2.57 bits per heavy atom. The maximum atomic E-state index is 5.61. The van der Waals surface area contributed by atoms with Gasteiger partial charge in [-0.05, 0) is 61.8 Å². The molecule has 0 bridgehead atoms. The van der Waals surface area contributed by atoms with Crippen molar-refractivity contribution in [1.29, 1.82) is 0 Å². The second kappa shape index (κ2) is 11.8. The Morgan fingerprint density at radius 1 is 1.14 bits per heavy atom. The first-order chi connectivity index (χ1) is 13.7. The van der Waals surface area contributed by atoms with E-state index in [2.05, 4.69) is 22.5 Å². The Labute approximate surface area is 170 Å². The van der Waals surface area contributed by atoms with Crippen LogP contribution in [0.2, 0.25) is 0 Å². The summed E-state index contributed by atoms with van der Waals surface area (Å²) in [7, 11) is 5.20. The fourth-order valence-electron chi connectivity index (χ4n) is 3.96. The second-order valence-electron chi connectivity index (χ2n) is 7.43. The molecule has 0 aromatic heterocycles. The molecule has 1 saturated carbocycles. The van der Waals surface area contributed by atoms with Gasteiger partial charge in [-0.3, -0.25) is 4.99 Å². The number of benzene rings is 1. The van der Waals surface area contributed by atoms with Crippen LogP contribution in [0.3, 0.4) is 0 Å². The van der Waals surface area contributed by atoms with Gasteiger partial charge in [0.1, 0.15) is 11.5 Å². The number of guanidine groups is 1. The van der Waals surface area contributed by atoms with E-state index in [4.69, 9.17) is 14.2 Å². The van der Waals surface area contributed by atoms with Gasteiger partial charge in [-0.2, -0.15) is 0 Å². The molecule has 0 radical (unpaired) electrons. The van der Waals surface area contributed by atoms with Crippen LogP contribution in [0.25, 0.3) is 0 Å². The van der Waals surface area contributed by atoms with Crippen LogP contribution in [0.15, 0.2) is 23.2 Å². The number of methoxy groups -OCH3 is 2. The highest BCUT2D eigenvalue weighted by molar-refractivity contribution is 5.79. The van der Waals surface area contributed by atoms with Gasteiger partial charge in [-0.15, -0.1) is 0 Å². The van der Waals surface area contributed by atoms with Gasteiger partial charge in [0.05, 0.1) is 14.2 Å². The summed E-state index contributed by atoms with van der Waals surface area (Å²) in [5, 5.41) is 6.97. The van der Waals surface area contributed by atoms with Gasteiger partial charge in [0.15, 0.2) is 5.96 Å². The third-order valence-corrected chi connectivity index (χ3v) is 5.67. The second-order valence-corrected chi connectivity index (χ2v) is 7.43. The van der Waals surface area contributed by atoms with E-state index in [0.29, 0.717) is 5.41 Å². The first-order valence-electron chi connectivity index (χ1n) is 10.4. The molecule has 6 heteroatoms. The lowest BCUT2D eigenvalue weighted by atomic mass is 9.83. The third-order valence-electron chi connectivity index (χ3n) is 5.67. The number of nitrogens with one attached hydrogen (secondary N) is 2. The first-order valence-corrected chi connectivity index (χ1v) is 10.4. The van der Waals surface area contributed by atoms with Gasteiger partial charge >= 0.3 is 0 Å². The average Bonchev–Trinajstić information content (AvgIpc) is 3.19. The fourth-order valence-corrected chi connectivity index (χ4v) is 3.96. The lowest BCUT2D eigenvalue weighted by molar-refractivity contribution is 0.105. The molecule has 0 amide bonds. The van der Waals surface area contributed by atoms with Gasteiger partial charge < -0.3 is 24.8 Å². The molecule has 2 N–H and O–H groups in total. The molecule has 1 fully saturated rings. The van der Waals surface area contributed by atoms with Crippen LogP contribution in [-0.4, -0.2) is 53.5 Å². The Bertz CT molecular complexity index is 613. The molecule has 0 aliphatic heterocycles. The van der Waals surface area contributed by atoms with Crippen LogP contribution in [0, 0.1) is 5.41 Å². The van der Waals surface area contributed by atoms with Crippen LogP contribution in [0.5, 0.6) is 11.5 Å². The molecule has 2 rings (SSSR count). The molecule has 1 aliphatic carbocycles.